The molecule has 0 unspecified atom stereocenters. The molecule has 1 aromatic heterocycles. The minimum absolute atomic E-state index is 0.0341. The molecule has 35 heavy (non-hydrogen) atoms. The number of Topliss-reactive ketones (excluding diaryl/α,β-unsaturated/α-hetero) is 1. The second kappa shape index (κ2) is 13.2. The molecule has 11 nitrogen and oxygen atoms in total. The van der Waals surface area contributed by atoms with Gasteiger partial charge in [-0.2, -0.15) is 0 Å². The third-order valence-electron chi connectivity index (χ3n) is 5.05. The highest BCUT2D eigenvalue weighted by molar-refractivity contribution is 6.25. The van der Waals surface area contributed by atoms with Crippen molar-refractivity contribution in [1.82, 2.24) is 20.5 Å². The van der Waals surface area contributed by atoms with Crippen LogP contribution in [0.25, 0.3) is 10.9 Å². The summed E-state index contributed by atoms with van der Waals surface area (Å²) in [5, 5.41) is 6.31. The number of ether oxygens (including phenoxy) is 1. The number of hydrogen-bond donors (Lipinski definition) is 4. The lowest BCUT2D eigenvalue weighted by atomic mass is 10.0. The Labute approximate surface area is 203 Å². The maximum atomic E-state index is 13.3. The Balaban J connectivity index is 2.26. The van der Waals surface area contributed by atoms with Crippen molar-refractivity contribution in [3.8, 4) is 0 Å². The van der Waals surface area contributed by atoms with Crippen LogP contribution in [0, 0.1) is 5.53 Å². The minimum atomic E-state index is -1.11. The highest BCUT2D eigenvalue weighted by Crippen LogP contribution is 2.19. The first-order chi connectivity index (χ1) is 16.6. The molecule has 2 aromatic rings. The number of hydrogen-bond acceptors (Lipinski definition) is 7. The molecule has 0 fully saturated rings. The van der Waals surface area contributed by atoms with Crippen molar-refractivity contribution in [2.24, 2.45) is 0 Å². The maximum Gasteiger partial charge on any atom is 0.372 e. The number of carbonyl (C=O) groups is 4. The number of rotatable bonds is 13. The van der Waals surface area contributed by atoms with Crippen molar-refractivity contribution in [2.75, 3.05) is 20.6 Å². The second-order valence-corrected chi connectivity index (χ2v) is 8.73. The molecule has 0 radical (unpaired) electrons. The molecule has 0 saturated carbocycles. The molecular weight excluding hydrogens is 452 g/mol. The first-order valence-corrected chi connectivity index (χ1v) is 11.3. The third-order valence-corrected chi connectivity index (χ3v) is 5.05. The number of amides is 2. The van der Waals surface area contributed by atoms with E-state index in [0.717, 1.165) is 22.7 Å². The third kappa shape index (κ3) is 8.80. The molecule has 0 aliphatic carbocycles. The van der Waals surface area contributed by atoms with Crippen LogP contribution in [0.3, 0.4) is 0 Å². The van der Waals surface area contributed by atoms with Gasteiger partial charge in [-0.1, -0.05) is 18.2 Å². The standard InChI is InChI=1S/C24H32N6O5/c1-15(2)35-24(34)20(10-9-17(31)13-27-25)29-23(33)21(28-22(32)14-30(3)4)11-16-12-26-19-8-6-5-7-18(16)19/h5-8,12-13,15,20-21,25-26H,9-11,14H2,1-4H3,(H-,28,29,32,33)/p+1/t20-,21-/m0/s1. The van der Waals surface area contributed by atoms with Gasteiger partial charge in [0.05, 0.1) is 23.0 Å². The molecule has 0 bridgehead atoms. The molecule has 0 aliphatic heterocycles. The van der Waals surface area contributed by atoms with Crippen molar-refractivity contribution in [2.45, 2.75) is 51.3 Å². The highest BCUT2D eigenvalue weighted by atomic mass is 16.5. The van der Waals surface area contributed by atoms with Crippen LogP contribution in [0.1, 0.15) is 32.3 Å². The molecule has 2 amide bonds. The summed E-state index contributed by atoms with van der Waals surface area (Å²) < 4.78 is 5.25. The number of benzene rings is 1. The molecule has 2 atom stereocenters. The summed E-state index contributed by atoms with van der Waals surface area (Å²) in [6, 6.07) is 5.52. The Morgan fingerprint density at radius 2 is 1.86 bits per heavy atom. The molecule has 188 valence electrons. The fourth-order valence-electron chi connectivity index (χ4n) is 3.52. The monoisotopic (exact) mass is 485 g/mol. The fraction of sp³-hybridized carbons (Fsp3) is 0.458. The van der Waals surface area contributed by atoms with E-state index >= 15 is 0 Å². The zero-order valence-corrected chi connectivity index (χ0v) is 20.5. The number of aromatic nitrogens is 1. The highest BCUT2D eigenvalue weighted by Gasteiger charge is 2.29. The van der Waals surface area contributed by atoms with E-state index < -0.39 is 35.8 Å². The SMILES string of the molecule is CC(C)OC(=O)[C@H](CCC(=O)C=[N+]=N)NC(=O)[C@H](Cc1c[nH]c2ccccc12)NC(=O)CN(C)C. The van der Waals surface area contributed by atoms with Gasteiger partial charge < -0.3 is 25.3 Å². The normalized spacial score (nSPS) is 12.6. The summed E-state index contributed by atoms with van der Waals surface area (Å²) in [5.74, 6) is -2.06. The van der Waals surface area contributed by atoms with E-state index in [1.54, 1.807) is 39.0 Å². The number of nitrogens with one attached hydrogen (secondary N) is 4. The van der Waals surface area contributed by atoms with E-state index in [-0.39, 0.29) is 31.7 Å². The number of H-pyrrole nitrogens is 1. The molecule has 1 aromatic carbocycles. The zero-order chi connectivity index (χ0) is 26.0. The summed E-state index contributed by atoms with van der Waals surface area (Å²) >= 11 is 0. The minimum Gasteiger partial charge on any atom is -0.461 e. The van der Waals surface area contributed by atoms with Gasteiger partial charge in [0, 0.05) is 29.9 Å². The summed E-state index contributed by atoms with van der Waals surface area (Å²) in [6.45, 7) is 3.43. The smallest absolute Gasteiger partial charge is 0.372 e. The largest absolute Gasteiger partial charge is 0.461 e. The van der Waals surface area contributed by atoms with Crippen molar-refractivity contribution in [3.05, 3.63) is 36.0 Å². The topological polar surface area (TPSA) is 159 Å². The van der Waals surface area contributed by atoms with Crippen LogP contribution in [-0.4, -0.2) is 83.3 Å². The van der Waals surface area contributed by atoms with Crippen LogP contribution in [-0.2, 0) is 30.3 Å². The lowest BCUT2D eigenvalue weighted by molar-refractivity contribution is -0.152. The quantitative estimate of drug-likeness (QED) is 0.142. The van der Waals surface area contributed by atoms with Crippen LogP contribution < -0.4 is 10.6 Å². The fourth-order valence-corrected chi connectivity index (χ4v) is 3.52. The second-order valence-electron chi connectivity index (χ2n) is 8.73. The number of likely N-dealkylation sites (N-methyl/N-ethyl adjacent to an activating group) is 1. The number of nitrogens with zero attached hydrogens (tertiary/aromatic N) is 2. The van der Waals surface area contributed by atoms with Gasteiger partial charge in [-0.3, -0.25) is 14.4 Å². The van der Waals surface area contributed by atoms with E-state index in [1.807, 2.05) is 24.3 Å². The van der Waals surface area contributed by atoms with Gasteiger partial charge in [-0.25, -0.2) is 4.79 Å². The van der Waals surface area contributed by atoms with Gasteiger partial charge in [0.1, 0.15) is 12.1 Å². The molecule has 0 saturated heterocycles. The lowest BCUT2D eigenvalue weighted by Gasteiger charge is -2.23. The number of aromatic amines is 1. The molecule has 0 aliphatic rings. The predicted octanol–water partition coefficient (Wildman–Crippen LogP) is 0.852. The van der Waals surface area contributed by atoms with Gasteiger partial charge >= 0.3 is 12.2 Å². The summed E-state index contributed by atoms with van der Waals surface area (Å²) in [6.07, 6.45) is 2.24. The van der Waals surface area contributed by atoms with Gasteiger partial charge in [-0.05, 0) is 46.0 Å². The van der Waals surface area contributed by atoms with Crippen LogP contribution in [0.5, 0.6) is 0 Å². The molecular formula is C24H33N6O5+. The van der Waals surface area contributed by atoms with Crippen molar-refractivity contribution < 1.29 is 28.7 Å². The number of para-hydroxylation sites is 1. The first kappa shape index (κ1) is 27.4. The van der Waals surface area contributed by atoms with Gasteiger partial charge in [-0.15, -0.1) is 0 Å². The summed E-state index contributed by atoms with van der Waals surface area (Å²) in [5.41, 5.74) is 8.50. The molecule has 4 N–H and O–H groups in total. The number of carbonyl (C=O) groups excluding carboxylic acids is 4. The van der Waals surface area contributed by atoms with Gasteiger partial charge in [0.25, 0.3) is 0 Å². The number of fused-ring (bicyclic) bond motifs is 1. The van der Waals surface area contributed by atoms with Crippen LogP contribution in [0.2, 0.25) is 0 Å². The van der Waals surface area contributed by atoms with Crippen molar-refractivity contribution in [3.63, 3.8) is 0 Å². The number of esters is 1. The van der Waals surface area contributed by atoms with Crippen LogP contribution in [0.4, 0.5) is 0 Å². The first-order valence-electron chi connectivity index (χ1n) is 11.3. The van der Waals surface area contributed by atoms with E-state index in [2.05, 4.69) is 20.4 Å². The maximum absolute atomic E-state index is 13.3. The molecule has 2 rings (SSSR count). The Hall–Kier alpha value is -3.82. The average Bonchev–Trinajstić information content (AvgIpc) is 3.18. The van der Waals surface area contributed by atoms with E-state index in [9.17, 15) is 19.2 Å². The van der Waals surface area contributed by atoms with E-state index in [4.69, 9.17) is 10.3 Å². The molecule has 1 heterocycles. The Morgan fingerprint density at radius 1 is 1.14 bits per heavy atom. The average molecular weight is 486 g/mol. The van der Waals surface area contributed by atoms with Gasteiger partial charge in [0.2, 0.25) is 17.6 Å². The van der Waals surface area contributed by atoms with Crippen LogP contribution in [0.15, 0.2) is 30.5 Å². The van der Waals surface area contributed by atoms with E-state index in [1.165, 1.54) is 0 Å². The Morgan fingerprint density at radius 3 is 2.51 bits per heavy atom. The lowest BCUT2D eigenvalue weighted by Crippen LogP contribution is -2.54. The molecule has 0 spiro atoms. The summed E-state index contributed by atoms with van der Waals surface area (Å²) in [7, 11) is 3.48. The van der Waals surface area contributed by atoms with Gasteiger partial charge in [0.15, 0.2) is 0 Å². The van der Waals surface area contributed by atoms with Crippen molar-refractivity contribution >= 4 is 40.7 Å². The summed E-state index contributed by atoms with van der Waals surface area (Å²) in [4.78, 5) is 58.0. The van der Waals surface area contributed by atoms with E-state index in [0.29, 0.717) is 0 Å². The Kier molecular flexibility index (Phi) is 10.3. The predicted molar refractivity (Wildman–Crippen MR) is 129 cm³/mol. The zero-order valence-electron chi connectivity index (χ0n) is 20.5. The Bertz CT molecular complexity index is 1100. The van der Waals surface area contributed by atoms with Crippen LogP contribution >= 0.6 is 0 Å². The molecule has 11 heteroatoms. The van der Waals surface area contributed by atoms with Crippen molar-refractivity contribution in [1.29, 1.82) is 5.53 Å². The number of ketones is 1.